The largest absolute Gasteiger partial charge is 0.496 e. The van der Waals surface area contributed by atoms with Crippen molar-refractivity contribution in [3.05, 3.63) is 29.3 Å². The number of nitrogens with two attached hydrogens (primary N) is 1. The van der Waals surface area contributed by atoms with Crippen molar-refractivity contribution in [3.63, 3.8) is 0 Å². The van der Waals surface area contributed by atoms with Gasteiger partial charge < -0.3 is 15.8 Å². The summed E-state index contributed by atoms with van der Waals surface area (Å²) in [4.78, 5) is 0. The summed E-state index contributed by atoms with van der Waals surface area (Å²) in [7, 11) is 1.73. The summed E-state index contributed by atoms with van der Waals surface area (Å²) in [5, 5.41) is 3.44. The van der Waals surface area contributed by atoms with Gasteiger partial charge in [0, 0.05) is 6.54 Å². The Balaban J connectivity index is 2.53. The average molecular weight is 250 g/mol. The molecule has 0 aliphatic rings. The highest BCUT2D eigenvalue weighted by Gasteiger charge is 2.07. The molecule has 3 N–H and O–H groups in total. The molecule has 1 rings (SSSR count). The van der Waals surface area contributed by atoms with Gasteiger partial charge in [-0.3, -0.25) is 0 Å². The maximum Gasteiger partial charge on any atom is 0.122 e. The standard InChI is InChI=1S/C15H26N2O/c1-12(2)14-10-13(6-7-15(14)18-3)11-17-9-5-4-8-16/h6-7,10,12,17H,4-5,8-9,11,16H2,1-3H3. The molecule has 0 bridgehead atoms. The number of nitrogens with one attached hydrogen (secondary N) is 1. The second-order valence-electron chi connectivity index (χ2n) is 4.90. The highest BCUT2D eigenvalue weighted by molar-refractivity contribution is 5.39. The minimum absolute atomic E-state index is 0.483. The number of hydrogen-bond donors (Lipinski definition) is 2. The summed E-state index contributed by atoms with van der Waals surface area (Å²) in [6, 6.07) is 6.42. The van der Waals surface area contributed by atoms with Crippen molar-refractivity contribution in [1.82, 2.24) is 5.32 Å². The van der Waals surface area contributed by atoms with E-state index in [0.717, 1.165) is 38.2 Å². The van der Waals surface area contributed by atoms with Crippen molar-refractivity contribution in [2.75, 3.05) is 20.2 Å². The van der Waals surface area contributed by atoms with E-state index in [0.29, 0.717) is 5.92 Å². The molecule has 0 amide bonds. The van der Waals surface area contributed by atoms with Gasteiger partial charge in [0.25, 0.3) is 0 Å². The first-order valence-electron chi connectivity index (χ1n) is 6.76. The Morgan fingerprint density at radius 1 is 1.28 bits per heavy atom. The topological polar surface area (TPSA) is 47.3 Å². The molecule has 0 aromatic heterocycles. The maximum atomic E-state index is 5.47. The van der Waals surface area contributed by atoms with Gasteiger partial charge in [-0.1, -0.05) is 26.0 Å². The van der Waals surface area contributed by atoms with Crippen LogP contribution in [0.2, 0.25) is 0 Å². The molecule has 1 aromatic carbocycles. The van der Waals surface area contributed by atoms with Gasteiger partial charge in [-0.15, -0.1) is 0 Å². The molecule has 0 radical (unpaired) electrons. The zero-order valence-electron chi connectivity index (χ0n) is 11.8. The van der Waals surface area contributed by atoms with E-state index >= 15 is 0 Å². The van der Waals surface area contributed by atoms with Crippen LogP contribution in [0.15, 0.2) is 18.2 Å². The number of ether oxygens (including phenoxy) is 1. The third-order valence-corrected chi connectivity index (χ3v) is 3.05. The van der Waals surface area contributed by atoms with Crippen molar-refractivity contribution in [2.24, 2.45) is 5.73 Å². The number of unbranched alkanes of at least 4 members (excludes halogenated alkanes) is 1. The highest BCUT2D eigenvalue weighted by Crippen LogP contribution is 2.27. The highest BCUT2D eigenvalue weighted by atomic mass is 16.5. The Morgan fingerprint density at radius 3 is 2.67 bits per heavy atom. The van der Waals surface area contributed by atoms with E-state index in [2.05, 4.69) is 37.4 Å². The molecule has 0 unspecified atom stereocenters. The smallest absolute Gasteiger partial charge is 0.122 e. The summed E-state index contributed by atoms with van der Waals surface area (Å²) in [6.07, 6.45) is 2.23. The molecule has 0 spiro atoms. The van der Waals surface area contributed by atoms with Crippen molar-refractivity contribution in [2.45, 2.75) is 39.2 Å². The first kappa shape index (κ1) is 15.0. The summed E-state index contributed by atoms with van der Waals surface area (Å²) < 4.78 is 5.38. The minimum Gasteiger partial charge on any atom is -0.496 e. The fraction of sp³-hybridized carbons (Fsp3) is 0.600. The van der Waals surface area contributed by atoms with Crippen LogP contribution in [-0.4, -0.2) is 20.2 Å². The summed E-state index contributed by atoms with van der Waals surface area (Å²) in [5.74, 6) is 1.47. The third kappa shape index (κ3) is 4.67. The Bertz CT molecular complexity index is 350. The number of hydrogen-bond acceptors (Lipinski definition) is 3. The zero-order valence-corrected chi connectivity index (χ0v) is 11.8. The molecular weight excluding hydrogens is 224 g/mol. The van der Waals surface area contributed by atoms with Crippen molar-refractivity contribution in [3.8, 4) is 5.75 Å². The van der Waals surface area contributed by atoms with Gasteiger partial charge in [0.1, 0.15) is 5.75 Å². The molecular formula is C15H26N2O. The van der Waals surface area contributed by atoms with Crippen molar-refractivity contribution in [1.29, 1.82) is 0 Å². The van der Waals surface area contributed by atoms with Crippen LogP contribution in [0, 0.1) is 0 Å². The van der Waals surface area contributed by atoms with Crippen molar-refractivity contribution >= 4 is 0 Å². The van der Waals surface area contributed by atoms with E-state index in [1.165, 1.54) is 11.1 Å². The molecule has 0 saturated carbocycles. The van der Waals surface area contributed by atoms with Crippen LogP contribution in [0.1, 0.15) is 43.7 Å². The average Bonchev–Trinajstić information content (AvgIpc) is 2.38. The van der Waals surface area contributed by atoms with Gasteiger partial charge in [0.2, 0.25) is 0 Å². The molecule has 18 heavy (non-hydrogen) atoms. The predicted octanol–water partition coefficient (Wildman–Crippen LogP) is 2.65. The van der Waals surface area contributed by atoms with Crippen LogP contribution >= 0.6 is 0 Å². The van der Waals surface area contributed by atoms with Crippen LogP contribution in [0.25, 0.3) is 0 Å². The van der Waals surface area contributed by atoms with Crippen LogP contribution in [0.3, 0.4) is 0 Å². The molecule has 102 valence electrons. The van der Waals surface area contributed by atoms with Gasteiger partial charge in [0.05, 0.1) is 7.11 Å². The predicted molar refractivity (Wildman–Crippen MR) is 77.1 cm³/mol. The Morgan fingerprint density at radius 2 is 2.06 bits per heavy atom. The summed E-state index contributed by atoms with van der Waals surface area (Å²) >= 11 is 0. The normalized spacial score (nSPS) is 10.9. The van der Waals surface area contributed by atoms with Crippen LogP contribution in [0.5, 0.6) is 5.75 Å². The first-order chi connectivity index (χ1) is 8.69. The quantitative estimate of drug-likeness (QED) is 0.697. The molecule has 3 heteroatoms. The fourth-order valence-electron chi connectivity index (χ4n) is 1.97. The molecule has 1 aromatic rings. The second-order valence-corrected chi connectivity index (χ2v) is 4.90. The molecule has 0 aliphatic heterocycles. The lowest BCUT2D eigenvalue weighted by atomic mass is 9.99. The van der Waals surface area contributed by atoms with E-state index in [4.69, 9.17) is 10.5 Å². The minimum atomic E-state index is 0.483. The van der Waals surface area contributed by atoms with Gasteiger partial charge in [-0.2, -0.15) is 0 Å². The SMILES string of the molecule is COc1ccc(CNCCCCN)cc1C(C)C. The van der Waals surface area contributed by atoms with Gasteiger partial charge in [-0.25, -0.2) is 0 Å². The zero-order chi connectivity index (χ0) is 13.4. The lowest BCUT2D eigenvalue weighted by molar-refractivity contribution is 0.407. The van der Waals surface area contributed by atoms with Gasteiger partial charge in [-0.05, 0) is 49.0 Å². The monoisotopic (exact) mass is 250 g/mol. The van der Waals surface area contributed by atoms with E-state index < -0.39 is 0 Å². The second kappa shape index (κ2) is 8.11. The maximum absolute atomic E-state index is 5.47. The summed E-state index contributed by atoms with van der Waals surface area (Å²) in [6.45, 7) is 7.10. The lowest BCUT2D eigenvalue weighted by Crippen LogP contribution is -2.16. The molecule has 0 heterocycles. The molecule has 3 nitrogen and oxygen atoms in total. The van der Waals surface area contributed by atoms with Crippen LogP contribution < -0.4 is 15.8 Å². The van der Waals surface area contributed by atoms with E-state index in [1.54, 1.807) is 7.11 Å². The number of benzene rings is 1. The van der Waals surface area contributed by atoms with Crippen LogP contribution in [0.4, 0.5) is 0 Å². The Labute approximate surface area is 111 Å². The molecule has 0 fully saturated rings. The number of rotatable bonds is 8. The third-order valence-electron chi connectivity index (χ3n) is 3.05. The Hall–Kier alpha value is -1.06. The van der Waals surface area contributed by atoms with Gasteiger partial charge in [0.15, 0.2) is 0 Å². The molecule has 0 aliphatic carbocycles. The lowest BCUT2D eigenvalue weighted by Gasteiger charge is -2.14. The Kier molecular flexibility index (Phi) is 6.76. The van der Waals surface area contributed by atoms with E-state index in [9.17, 15) is 0 Å². The fourth-order valence-corrected chi connectivity index (χ4v) is 1.97. The molecule has 0 atom stereocenters. The summed E-state index contributed by atoms with van der Waals surface area (Å²) in [5.41, 5.74) is 8.05. The van der Waals surface area contributed by atoms with E-state index in [1.807, 2.05) is 0 Å². The van der Waals surface area contributed by atoms with Crippen molar-refractivity contribution < 1.29 is 4.74 Å². The van der Waals surface area contributed by atoms with Gasteiger partial charge >= 0.3 is 0 Å². The molecule has 0 saturated heterocycles. The number of methoxy groups -OCH3 is 1. The van der Waals surface area contributed by atoms with E-state index in [-0.39, 0.29) is 0 Å². The first-order valence-corrected chi connectivity index (χ1v) is 6.76. The van der Waals surface area contributed by atoms with Crippen LogP contribution in [-0.2, 0) is 6.54 Å².